The lowest BCUT2D eigenvalue weighted by atomic mass is 9.97. The average molecular weight is 279 g/mol. The van der Waals surface area contributed by atoms with Crippen molar-refractivity contribution >= 4 is 29.3 Å². The molecule has 0 aromatic carbocycles. The molecule has 0 radical (unpaired) electrons. The van der Waals surface area contributed by atoms with Crippen LogP contribution in [-0.2, 0) is 9.59 Å². The fourth-order valence-electron chi connectivity index (χ4n) is 2.15. The number of carbonyl (C=O) groups excluding carboxylic acids is 1. The van der Waals surface area contributed by atoms with Gasteiger partial charge in [0.05, 0.1) is 5.92 Å². The SMILES string of the molecule is Cc1ccsc1/C=C/C(=O)N1CCC(C(=O)O)CC1. The lowest BCUT2D eigenvalue weighted by molar-refractivity contribution is -0.144. The molecule has 0 unspecified atom stereocenters. The van der Waals surface area contributed by atoms with Crippen molar-refractivity contribution in [2.75, 3.05) is 13.1 Å². The number of hydrogen-bond donors (Lipinski definition) is 1. The van der Waals surface area contributed by atoms with Crippen LogP contribution in [0.4, 0.5) is 0 Å². The lowest BCUT2D eigenvalue weighted by Crippen LogP contribution is -2.39. The van der Waals surface area contributed by atoms with Crippen LogP contribution in [0.25, 0.3) is 6.08 Å². The third-order valence-electron chi connectivity index (χ3n) is 3.43. The van der Waals surface area contributed by atoms with Crippen LogP contribution in [-0.4, -0.2) is 35.0 Å². The first-order valence-corrected chi connectivity index (χ1v) is 7.20. The molecule has 4 nitrogen and oxygen atoms in total. The van der Waals surface area contributed by atoms with Gasteiger partial charge in [-0.15, -0.1) is 11.3 Å². The maximum atomic E-state index is 12.0. The van der Waals surface area contributed by atoms with Gasteiger partial charge in [-0.2, -0.15) is 0 Å². The molecule has 1 saturated heterocycles. The first kappa shape index (κ1) is 13.8. The van der Waals surface area contributed by atoms with Gasteiger partial charge in [-0.25, -0.2) is 0 Å². The minimum absolute atomic E-state index is 0.0309. The highest BCUT2D eigenvalue weighted by Crippen LogP contribution is 2.19. The summed E-state index contributed by atoms with van der Waals surface area (Å²) in [5, 5.41) is 10.9. The predicted octanol–water partition coefficient (Wildman–Crippen LogP) is 2.39. The first-order valence-electron chi connectivity index (χ1n) is 6.32. The number of carboxylic acid groups (broad SMARTS) is 1. The van der Waals surface area contributed by atoms with Crippen LogP contribution in [0.2, 0.25) is 0 Å². The van der Waals surface area contributed by atoms with Gasteiger partial charge in [-0.1, -0.05) is 0 Å². The second kappa shape index (κ2) is 6.02. The number of carbonyl (C=O) groups is 2. The van der Waals surface area contributed by atoms with Crippen LogP contribution in [0.5, 0.6) is 0 Å². The fourth-order valence-corrected chi connectivity index (χ4v) is 2.97. The summed E-state index contributed by atoms with van der Waals surface area (Å²) in [6, 6.07) is 2.02. The fraction of sp³-hybridized carbons (Fsp3) is 0.429. The van der Waals surface area contributed by atoms with Crippen LogP contribution in [0.3, 0.4) is 0 Å². The topological polar surface area (TPSA) is 57.6 Å². The van der Waals surface area contributed by atoms with Gasteiger partial charge >= 0.3 is 5.97 Å². The molecular weight excluding hydrogens is 262 g/mol. The molecule has 0 bridgehead atoms. The molecule has 1 amide bonds. The van der Waals surface area contributed by atoms with Crippen molar-refractivity contribution in [1.29, 1.82) is 0 Å². The first-order chi connectivity index (χ1) is 9.08. The summed E-state index contributed by atoms with van der Waals surface area (Å²) in [6.07, 6.45) is 4.52. The smallest absolute Gasteiger partial charge is 0.306 e. The Hall–Kier alpha value is -1.62. The van der Waals surface area contributed by atoms with Gasteiger partial charge < -0.3 is 10.0 Å². The molecule has 2 heterocycles. The Labute approximate surface area is 116 Å². The van der Waals surface area contributed by atoms with Crippen LogP contribution >= 0.6 is 11.3 Å². The number of hydrogen-bond acceptors (Lipinski definition) is 3. The number of piperidine rings is 1. The van der Waals surface area contributed by atoms with Crippen molar-refractivity contribution in [1.82, 2.24) is 4.90 Å². The van der Waals surface area contributed by atoms with Crippen molar-refractivity contribution in [3.05, 3.63) is 28.0 Å². The third kappa shape index (κ3) is 3.44. The number of rotatable bonds is 3. The van der Waals surface area contributed by atoms with Gasteiger partial charge in [0.25, 0.3) is 0 Å². The molecule has 1 aliphatic heterocycles. The van der Waals surface area contributed by atoms with Crippen molar-refractivity contribution < 1.29 is 14.7 Å². The Balaban J connectivity index is 1.90. The lowest BCUT2D eigenvalue weighted by Gasteiger charge is -2.29. The second-order valence-electron chi connectivity index (χ2n) is 4.74. The molecule has 0 atom stereocenters. The minimum Gasteiger partial charge on any atom is -0.481 e. The number of aryl methyl sites for hydroxylation is 1. The maximum Gasteiger partial charge on any atom is 0.306 e. The van der Waals surface area contributed by atoms with Crippen LogP contribution < -0.4 is 0 Å². The number of aliphatic carboxylic acids is 1. The summed E-state index contributed by atoms with van der Waals surface area (Å²) < 4.78 is 0. The zero-order chi connectivity index (χ0) is 13.8. The Morgan fingerprint density at radius 3 is 2.63 bits per heavy atom. The van der Waals surface area contributed by atoms with E-state index in [1.54, 1.807) is 22.3 Å². The molecule has 2 rings (SSSR count). The van der Waals surface area contributed by atoms with Gasteiger partial charge in [0, 0.05) is 24.0 Å². The number of nitrogens with zero attached hydrogens (tertiary/aromatic N) is 1. The van der Waals surface area contributed by atoms with E-state index in [1.165, 1.54) is 5.56 Å². The number of carboxylic acids is 1. The highest BCUT2D eigenvalue weighted by atomic mass is 32.1. The largest absolute Gasteiger partial charge is 0.481 e. The zero-order valence-corrected chi connectivity index (χ0v) is 11.7. The van der Waals surface area contributed by atoms with Crippen LogP contribution in [0, 0.1) is 12.8 Å². The van der Waals surface area contributed by atoms with E-state index in [9.17, 15) is 9.59 Å². The summed E-state index contributed by atoms with van der Waals surface area (Å²) >= 11 is 1.61. The van der Waals surface area contributed by atoms with Gasteiger partial charge in [0.15, 0.2) is 0 Å². The summed E-state index contributed by atoms with van der Waals surface area (Å²) in [5.74, 6) is -1.08. The number of thiophene rings is 1. The van der Waals surface area contributed by atoms with Crippen LogP contribution in [0.15, 0.2) is 17.5 Å². The summed E-state index contributed by atoms with van der Waals surface area (Å²) in [7, 11) is 0. The molecule has 0 spiro atoms. The van der Waals surface area contributed by atoms with E-state index in [-0.39, 0.29) is 11.8 Å². The molecule has 1 fully saturated rings. The standard InChI is InChI=1S/C14H17NO3S/c1-10-6-9-19-12(10)2-3-13(16)15-7-4-11(5-8-15)14(17)18/h2-3,6,9,11H,4-5,7-8H2,1H3,(H,17,18)/b3-2+. The monoisotopic (exact) mass is 279 g/mol. The number of amides is 1. The Morgan fingerprint density at radius 2 is 2.11 bits per heavy atom. The summed E-state index contributed by atoms with van der Waals surface area (Å²) in [5.41, 5.74) is 1.17. The van der Waals surface area contributed by atoms with E-state index >= 15 is 0 Å². The normalized spacial score (nSPS) is 17.0. The quantitative estimate of drug-likeness (QED) is 0.864. The van der Waals surface area contributed by atoms with Gasteiger partial charge in [-0.05, 0) is 42.9 Å². The Morgan fingerprint density at radius 1 is 1.42 bits per heavy atom. The molecule has 5 heteroatoms. The Bertz CT molecular complexity index is 499. The van der Waals surface area contributed by atoms with Gasteiger partial charge in [0.1, 0.15) is 0 Å². The van der Waals surface area contributed by atoms with E-state index in [0.717, 1.165) is 4.88 Å². The van der Waals surface area contributed by atoms with Crippen LogP contribution in [0.1, 0.15) is 23.3 Å². The molecule has 102 valence electrons. The summed E-state index contributed by atoms with van der Waals surface area (Å²) in [4.78, 5) is 25.6. The molecular formula is C14H17NO3S. The van der Waals surface area contributed by atoms with Crippen molar-refractivity contribution in [2.24, 2.45) is 5.92 Å². The highest BCUT2D eigenvalue weighted by Gasteiger charge is 2.25. The van der Waals surface area contributed by atoms with Gasteiger partial charge in [0.2, 0.25) is 5.91 Å². The second-order valence-corrected chi connectivity index (χ2v) is 5.69. The molecule has 1 aromatic rings. The predicted molar refractivity (Wildman–Crippen MR) is 75.0 cm³/mol. The average Bonchev–Trinajstić information content (AvgIpc) is 2.81. The molecule has 19 heavy (non-hydrogen) atoms. The maximum absolute atomic E-state index is 12.0. The summed E-state index contributed by atoms with van der Waals surface area (Å²) in [6.45, 7) is 3.08. The molecule has 1 N–H and O–H groups in total. The molecule has 1 aromatic heterocycles. The van der Waals surface area contributed by atoms with E-state index < -0.39 is 5.97 Å². The molecule has 0 aliphatic carbocycles. The zero-order valence-electron chi connectivity index (χ0n) is 10.8. The van der Waals surface area contributed by atoms with E-state index in [0.29, 0.717) is 25.9 Å². The highest BCUT2D eigenvalue weighted by molar-refractivity contribution is 7.11. The van der Waals surface area contributed by atoms with Crippen molar-refractivity contribution in [3.8, 4) is 0 Å². The van der Waals surface area contributed by atoms with E-state index in [4.69, 9.17) is 5.11 Å². The van der Waals surface area contributed by atoms with Gasteiger partial charge in [-0.3, -0.25) is 9.59 Å². The molecule has 0 saturated carbocycles. The van der Waals surface area contributed by atoms with Crippen molar-refractivity contribution in [2.45, 2.75) is 19.8 Å². The number of likely N-dealkylation sites (tertiary alicyclic amines) is 1. The minimum atomic E-state index is -0.753. The Kier molecular flexibility index (Phi) is 4.37. The van der Waals surface area contributed by atoms with E-state index in [2.05, 4.69) is 0 Å². The van der Waals surface area contributed by atoms with Crippen molar-refractivity contribution in [3.63, 3.8) is 0 Å². The molecule has 1 aliphatic rings. The third-order valence-corrected chi connectivity index (χ3v) is 4.42. The van der Waals surface area contributed by atoms with E-state index in [1.807, 2.05) is 24.4 Å².